The van der Waals surface area contributed by atoms with Crippen molar-refractivity contribution in [3.63, 3.8) is 0 Å². The first-order chi connectivity index (χ1) is 12.4. The van der Waals surface area contributed by atoms with E-state index in [1.807, 2.05) is 0 Å². The van der Waals surface area contributed by atoms with Gasteiger partial charge in [-0.05, 0) is 59.2 Å². The molecular weight excluding hydrogens is 328 g/mol. The average Bonchev–Trinajstić information content (AvgIpc) is 2.58. The third-order valence-electron chi connectivity index (χ3n) is 4.23. The molecule has 0 aliphatic carbocycles. The third kappa shape index (κ3) is 9.73. The zero-order valence-electron chi connectivity index (χ0n) is 17.2. The Kier molecular flexibility index (Phi) is 10.9. The summed E-state index contributed by atoms with van der Waals surface area (Å²) in [5, 5.41) is 0. The number of ether oxygens (including phenoxy) is 1. The first-order valence-corrected chi connectivity index (χ1v) is 9.56. The van der Waals surface area contributed by atoms with Gasteiger partial charge in [-0.25, -0.2) is 4.79 Å². The van der Waals surface area contributed by atoms with Crippen molar-refractivity contribution in [2.45, 2.75) is 45.1 Å². The monoisotopic (exact) mass is 364 g/mol. The highest BCUT2D eigenvalue weighted by Crippen LogP contribution is 2.18. The van der Waals surface area contributed by atoms with Crippen LogP contribution in [0.5, 0.6) is 5.75 Å². The molecule has 0 spiro atoms. The maximum absolute atomic E-state index is 11.8. The van der Waals surface area contributed by atoms with Gasteiger partial charge in [-0.1, -0.05) is 25.7 Å². The van der Waals surface area contributed by atoms with Gasteiger partial charge in [0, 0.05) is 26.8 Å². The number of hydrogen-bond donors (Lipinski definition) is 0. The van der Waals surface area contributed by atoms with Crippen molar-refractivity contribution >= 4 is 6.09 Å². The van der Waals surface area contributed by atoms with Crippen LogP contribution in [0.3, 0.4) is 0 Å². The highest BCUT2D eigenvalue weighted by Gasteiger charge is 2.13. The fourth-order valence-corrected chi connectivity index (χ4v) is 2.67. The van der Waals surface area contributed by atoms with Crippen LogP contribution in [0.15, 0.2) is 18.3 Å². The second-order valence-corrected chi connectivity index (χ2v) is 7.37. The van der Waals surface area contributed by atoms with Gasteiger partial charge in [0.2, 0.25) is 0 Å². The van der Waals surface area contributed by atoms with E-state index in [-0.39, 0.29) is 6.09 Å². The second kappa shape index (κ2) is 12.7. The Hall–Kier alpha value is -1.66. The van der Waals surface area contributed by atoms with Gasteiger partial charge >= 0.3 is 6.09 Å². The van der Waals surface area contributed by atoms with Gasteiger partial charge in [0.1, 0.15) is 0 Å². The molecule has 0 aliphatic heterocycles. The van der Waals surface area contributed by atoms with Gasteiger partial charge in [-0.3, -0.25) is 4.98 Å². The molecule has 6 heteroatoms. The van der Waals surface area contributed by atoms with E-state index < -0.39 is 0 Å². The number of amides is 1. The van der Waals surface area contributed by atoms with E-state index in [4.69, 9.17) is 4.74 Å². The number of rotatable bonds is 12. The molecule has 1 heterocycles. The van der Waals surface area contributed by atoms with Crippen molar-refractivity contribution in [1.29, 1.82) is 0 Å². The number of carbonyl (C=O) groups excluding carboxylic acids is 1. The average molecular weight is 365 g/mol. The summed E-state index contributed by atoms with van der Waals surface area (Å²) in [6.07, 6.45) is 9.05. The van der Waals surface area contributed by atoms with E-state index in [0.29, 0.717) is 12.3 Å². The van der Waals surface area contributed by atoms with Crippen molar-refractivity contribution in [2.24, 2.45) is 0 Å². The molecule has 0 radical (unpaired) electrons. The largest absolute Gasteiger partial charge is 0.414 e. The molecule has 0 aliphatic rings. The number of nitrogens with zero attached hydrogens (tertiary/aromatic N) is 4. The van der Waals surface area contributed by atoms with Crippen molar-refractivity contribution in [3.8, 4) is 5.75 Å². The Morgan fingerprint density at radius 3 is 2.19 bits per heavy atom. The summed E-state index contributed by atoms with van der Waals surface area (Å²) in [5.41, 5.74) is 0.800. The number of aromatic nitrogens is 1. The zero-order chi connectivity index (χ0) is 19.4. The minimum atomic E-state index is -0.379. The van der Waals surface area contributed by atoms with Gasteiger partial charge in [-0.2, -0.15) is 0 Å². The highest BCUT2D eigenvalue weighted by atomic mass is 16.6. The Balaban J connectivity index is 2.27. The predicted octanol–water partition coefficient (Wildman–Crippen LogP) is 3.48. The second-order valence-electron chi connectivity index (χ2n) is 7.37. The predicted molar refractivity (Wildman–Crippen MR) is 107 cm³/mol. The Morgan fingerprint density at radius 1 is 0.962 bits per heavy atom. The van der Waals surface area contributed by atoms with E-state index >= 15 is 0 Å². The summed E-state index contributed by atoms with van der Waals surface area (Å²) in [4.78, 5) is 22.0. The Morgan fingerprint density at radius 2 is 1.58 bits per heavy atom. The van der Waals surface area contributed by atoms with Crippen molar-refractivity contribution in [1.82, 2.24) is 19.7 Å². The highest BCUT2D eigenvalue weighted by molar-refractivity contribution is 5.70. The van der Waals surface area contributed by atoms with Gasteiger partial charge in [-0.15, -0.1) is 0 Å². The molecule has 0 aromatic carbocycles. The lowest BCUT2D eigenvalue weighted by Crippen LogP contribution is -2.26. The van der Waals surface area contributed by atoms with E-state index in [1.165, 1.54) is 50.0 Å². The molecule has 0 N–H and O–H groups in total. The van der Waals surface area contributed by atoms with E-state index in [0.717, 1.165) is 12.2 Å². The molecule has 148 valence electrons. The van der Waals surface area contributed by atoms with Crippen LogP contribution in [0.2, 0.25) is 0 Å². The molecule has 0 atom stereocenters. The van der Waals surface area contributed by atoms with Gasteiger partial charge < -0.3 is 19.4 Å². The first kappa shape index (κ1) is 22.4. The van der Waals surface area contributed by atoms with E-state index in [9.17, 15) is 4.79 Å². The third-order valence-corrected chi connectivity index (χ3v) is 4.23. The molecular formula is C20H36N4O2. The normalized spacial score (nSPS) is 11.2. The summed E-state index contributed by atoms with van der Waals surface area (Å²) in [6, 6.07) is 3.59. The lowest BCUT2D eigenvalue weighted by Gasteiger charge is -2.18. The quantitative estimate of drug-likeness (QED) is 0.532. The topological polar surface area (TPSA) is 48.9 Å². The molecule has 0 fully saturated rings. The van der Waals surface area contributed by atoms with Crippen LogP contribution in [0.4, 0.5) is 4.79 Å². The van der Waals surface area contributed by atoms with Crippen LogP contribution in [-0.4, -0.2) is 74.1 Å². The number of unbranched alkanes of at least 4 members (excludes halogenated alkanes) is 5. The molecule has 1 aromatic rings. The molecule has 26 heavy (non-hydrogen) atoms. The Labute approximate surface area is 159 Å². The lowest BCUT2D eigenvalue weighted by molar-refractivity contribution is 0.170. The molecule has 6 nitrogen and oxygen atoms in total. The molecule has 1 rings (SSSR count). The molecule has 0 saturated heterocycles. The first-order valence-electron chi connectivity index (χ1n) is 9.56. The van der Waals surface area contributed by atoms with Crippen LogP contribution < -0.4 is 4.74 Å². The maximum Gasteiger partial charge on any atom is 0.414 e. The number of hydrogen-bond acceptors (Lipinski definition) is 5. The van der Waals surface area contributed by atoms with Gasteiger partial charge in [0.15, 0.2) is 5.75 Å². The number of carbonyl (C=O) groups is 1. The molecule has 1 aromatic heterocycles. The van der Waals surface area contributed by atoms with Gasteiger partial charge in [0.25, 0.3) is 0 Å². The van der Waals surface area contributed by atoms with Crippen LogP contribution in [0.1, 0.15) is 44.2 Å². The summed E-state index contributed by atoms with van der Waals surface area (Å²) in [5.74, 6) is 0.541. The van der Waals surface area contributed by atoms with Crippen LogP contribution in [0, 0.1) is 0 Å². The van der Waals surface area contributed by atoms with E-state index in [1.54, 1.807) is 32.4 Å². The molecule has 1 amide bonds. The summed E-state index contributed by atoms with van der Waals surface area (Å²) in [7, 11) is 9.69. The van der Waals surface area contributed by atoms with Gasteiger partial charge in [0.05, 0.1) is 5.69 Å². The lowest BCUT2D eigenvalue weighted by atomic mass is 10.1. The van der Waals surface area contributed by atoms with Crippen LogP contribution in [0.25, 0.3) is 0 Å². The standard InChI is InChI=1S/C20H36N4O2/c1-22(2)15-10-8-6-7-9-11-16-24(5)17-18-19(13-12-14-21-18)26-20(25)23(3)4/h12-14H,6-11,15-17H2,1-5H3. The number of pyridine rings is 1. The fraction of sp³-hybridized carbons (Fsp3) is 0.700. The zero-order valence-corrected chi connectivity index (χ0v) is 17.2. The van der Waals surface area contributed by atoms with Crippen LogP contribution in [-0.2, 0) is 6.54 Å². The Bertz CT molecular complexity index is 520. The van der Waals surface area contributed by atoms with Crippen molar-refractivity contribution < 1.29 is 9.53 Å². The van der Waals surface area contributed by atoms with Crippen LogP contribution >= 0.6 is 0 Å². The van der Waals surface area contributed by atoms with Crippen molar-refractivity contribution in [2.75, 3.05) is 48.3 Å². The summed E-state index contributed by atoms with van der Waals surface area (Å²) >= 11 is 0. The summed E-state index contributed by atoms with van der Waals surface area (Å²) < 4.78 is 5.40. The minimum absolute atomic E-state index is 0.379. The fourth-order valence-electron chi connectivity index (χ4n) is 2.67. The summed E-state index contributed by atoms with van der Waals surface area (Å²) in [6.45, 7) is 2.89. The van der Waals surface area contributed by atoms with E-state index in [2.05, 4.69) is 35.9 Å². The SMILES string of the molecule is CN(C)CCCCCCCCN(C)Cc1ncccc1OC(=O)N(C)C. The molecule has 0 saturated carbocycles. The smallest absolute Gasteiger partial charge is 0.408 e. The molecule has 0 unspecified atom stereocenters. The minimum Gasteiger partial charge on any atom is -0.408 e. The van der Waals surface area contributed by atoms with Crippen molar-refractivity contribution in [3.05, 3.63) is 24.0 Å². The maximum atomic E-state index is 11.8. The molecule has 0 bridgehead atoms.